The zero-order valence-electron chi connectivity index (χ0n) is 14.9. The van der Waals surface area contributed by atoms with Crippen LogP contribution < -0.4 is 9.47 Å². The average molecular weight is 349 g/mol. The van der Waals surface area contributed by atoms with Crippen LogP contribution in [0.15, 0.2) is 30.3 Å². The number of benzene rings is 2. The van der Waals surface area contributed by atoms with E-state index in [2.05, 4.69) is 32.0 Å². The predicted octanol–water partition coefficient (Wildman–Crippen LogP) is 6.51. The first kappa shape index (κ1) is 18.9. The highest BCUT2D eigenvalue weighted by Crippen LogP contribution is 2.34. The highest BCUT2D eigenvalue weighted by molar-refractivity contribution is 6.17. The summed E-state index contributed by atoms with van der Waals surface area (Å²) in [6.45, 7) is 5.82. The molecule has 0 aromatic heterocycles. The Labute approximate surface area is 151 Å². The van der Waals surface area contributed by atoms with Crippen molar-refractivity contribution >= 4 is 22.4 Å². The van der Waals surface area contributed by atoms with Crippen molar-refractivity contribution in [1.29, 1.82) is 0 Å². The SMILES string of the molecule is CCCCCOc1ccc(OCCCCCCl)c2cc(C)ccc12. The minimum atomic E-state index is 0.728. The number of aryl methyl sites for hydroxylation is 1. The maximum Gasteiger partial charge on any atom is 0.127 e. The molecule has 0 atom stereocenters. The minimum Gasteiger partial charge on any atom is -0.493 e. The minimum absolute atomic E-state index is 0.728. The van der Waals surface area contributed by atoms with Gasteiger partial charge in [0.2, 0.25) is 0 Å². The summed E-state index contributed by atoms with van der Waals surface area (Å²) in [6.07, 6.45) is 6.71. The lowest BCUT2D eigenvalue weighted by Crippen LogP contribution is -2.01. The molecule has 2 nitrogen and oxygen atoms in total. The number of unbranched alkanes of at least 4 members (excludes halogenated alkanes) is 4. The first-order valence-corrected chi connectivity index (χ1v) is 9.64. The van der Waals surface area contributed by atoms with Crippen molar-refractivity contribution in [2.45, 2.75) is 52.4 Å². The molecule has 2 aromatic carbocycles. The maximum atomic E-state index is 6.02. The molecule has 2 aromatic rings. The van der Waals surface area contributed by atoms with Crippen molar-refractivity contribution in [3.8, 4) is 11.5 Å². The van der Waals surface area contributed by atoms with Crippen molar-refractivity contribution in [2.24, 2.45) is 0 Å². The van der Waals surface area contributed by atoms with Gasteiger partial charge >= 0.3 is 0 Å². The van der Waals surface area contributed by atoms with Crippen LogP contribution in [-0.2, 0) is 0 Å². The van der Waals surface area contributed by atoms with Gasteiger partial charge in [0.15, 0.2) is 0 Å². The van der Waals surface area contributed by atoms with E-state index in [-0.39, 0.29) is 0 Å². The zero-order chi connectivity index (χ0) is 17.2. The highest BCUT2D eigenvalue weighted by atomic mass is 35.5. The van der Waals surface area contributed by atoms with Crippen LogP contribution in [-0.4, -0.2) is 19.1 Å². The molecule has 0 aliphatic carbocycles. The standard InChI is InChI=1S/C21H29ClO2/c1-3-4-7-14-23-20-11-12-21(24-15-8-5-6-13-22)19-16-17(2)9-10-18(19)20/h9-12,16H,3-8,13-15H2,1-2H3. The Hall–Kier alpha value is -1.41. The molecule has 0 aliphatic rings. The fraction of sp³-hybridized carbons (Fsp3) is 0.524. The van der Waals surface area contributed by atoms with E-state index in [9.17, 15) is 0 Å². The highest BCUT2D eigenvalue weighted by Gasteiger charge is 2.08. The molecule has 0 bridgehead atoms. The van der Waals surface area contributed by atoms with Gasteiger partial charge < -0.3 is 9.47 Å². The molecular formula is C21H29ClO2. The van der Waals surface area contributed by atoms with Crippen molar-refractivity contribution in [1.82, 2.24) is 0 Å². The molecule has 0 spiro atoms. The van der Waals surface area contributed by atoms with E-state index < -0.39 is 0 Å². The second-order valence-corrected chi connectivity index (χ2v) is 6.64. The third kappa shape index (κ3) is 5.59. The third-order valence-corrected chi connectivity index (χ3v) is 4.40. The fourth-order valence-electron chi connectivity index (χ4n) is 2.75. The summed E-state index contributed by atoms with van der Waals surface area (Å²) < 4.78 is 12.0. The molecule has 0 radical (unpaired) electrons. The normalized spacial score (nSPS) is 11.0. The molecule has 3 heteroatoms. The van der Waals surface area contributed by atoms with Crippen LogP contribution in [0.25, 0.3) is 10.8 Å². The van der Waals surface area contributed by atoms with Gasteiger partial charge in [-0.3, -0.25) is 0 Å². The number of hydrogen-bond acceptors (Lipinski definition) is 2. The summed E-state index contributed by atoms with van der Waals surface area (Å²) in [5.41, 5.74) is 1.23. The second kappa shape index (κ2) is 10.5. The number of rotatable bonds is 11. The van der Waals surface area contributed by atoms with E-state index in [4.69, 9.17) is 21.1 Å². The van der Waals surface area contributed by atoms with Gasteiger partial charge in [-0.25, -0.2) is 0 Å². The van der Waals surface area contributed by atoms with Crippen LogP contribution >= 0.6 is 11.6 Å². The first-order valence-electron chi connectivity index (χ1n) is 9.11. The second-order valence-electron chi connectivity index (χ2n) is 6.26. The van der Waals surface area contributed by atoms with Crippen molar-refractivity contribution in [3.05, 3.63) is 35.9 Å². The number of alkyl halides is 1. The Kier molecular flexibility index (Phi) is 8.24. The molecule has 0 saturated heterocycles. The Balaban J connectivity index is 2.10. The molecule has 0 heterocycles. The Bertz CT molecular complexity index is 625. The topological polar surface area (TPSA) is 18.5 Å². The number of ether oxygens (including phenoxy) is 2. The lowest BCUT2D eigenvalue weighted by Gasteiger charge is -2.14. The first-order chi connectivity index (χ1) is 11.8. The quantitative estimate of drug-likeness (QED) is 0.340. The van der Waals surface area contributed by atoms with Gasteiger partial charge in [0.1, 0.15) is 11.5 Å². The van der Waals surface area contributed by atoms with Gasteiger partial charge in [0, 0.05) is 16.7 Å². The lowest BCUT2D eigenvalue weighted by molar-refractivity contribution is 0.303. The monoisotopic (exact) mass is 348 g/mol. The van der Waals surface area contributed by atoms with Crippen molar-refractivity contribution in [3.63, 3.8) is 0 Å². The summed E-state index contributed by atoms with van der Waals surface area (Å²) in [5.74, 6) is 2.63. The molecule has 24 heavy (non-hydrogen) atoms. The number of fused-ring (bicyclic) bond motifs is 1. The summed E-state index contributed by atoms with van der Waals surface area (Å²) in [5, 5.41) is 2.27. The van der Waals surface area contributed by atoms with Gasteiger partial charge in [-0.15, -0.1) is 11.6 Å². The largest absolute Gasteiger partial charge is 0.493 e. The average Bonchev–Trinajstić information content (AvgIpc) is 2.59. The van der Waals surface area contributed by atoms with Crippen molar-refractivity contribution < 1.29 is 9.47 Å². The van der Waals surface area contributed by atoms with Gasteiger partial charge in [-0.1, -0.05) is 37.5 Å². The molecule has 0 unspecified atom stereocenters. The van der Waals surface area contributed by atoms with Crippen LogP contribution in [0.4, 0.5) is 0 Å². The predicted molar refractivity (Wildman–Crippen MR) is 104 cm³/mol. The number of halogens is 1. The Morgan fingerprint density at radius 1 is 0.792 bits per heavy atom. The summed E-state index contributed by atoms with van der Waals surface area (Å²) in [4.78, 5) is 0. The lowest BCUT2D eigenvalue weighted by atomic mass is 10.1. The van der Waals surface area contributed by atoms with E-state index >= 15 is 0 Å². The molecule has 0 aliphatic heterocycles. The van der Waals surface area contributed by atoms with Gasteiger partial charge in [0.05, 0.1) is 13.2 Å². The van der Waals surface area contributed by atoms with E-state index in [1.54, 1.807) is 0 Å². The molecule has 0 amide bonds. The Morgan fingerprint density at radius 2 is 1.46 bits per heavy atom. The molecule has 0 saturated carbocycles. The summed E-state index contributed by atoms with van der Waals surface area (Å²) in [7, 11) is 0. The molecular weight excluding hydrogens is 320 g/mol. The van der Waals surface area contributed by atoms with E-state index in [0.717, 1.165) is 67.0 Å². The molecule has 0 N–H and O–H groups in total. The maximum absolute atomic E-state index is 6.02. The molecule has 0 fully saturated rings. The summed E-state index contributed by atoms with van der Waals surface area (Å²) in [6, 6.07) is 10.5. The van der Waals surface area contributed by atoms with Crippen LogP contribution in [0.5, 0.6) is 11.5 Å². The van der Waals surface area contributed by atoms with Crippen LogP contribution in [0, 0.1) is 6.92 Å². The van der Waals surface area contributed by atoms with E-state index in [1.807, 2.05) is 12.1 Å². The van der Waals surface area contributed by atoms with Gasteiger partial charge in [-0.2, -0.15) is 0 Å². The Morgan fingerprint density at radius 3 is 2.12 bits per heavy atom. The third-order valence-electron chi connectivity index (χ3n) is 4.13. The van der Waals surface area contributed by atoms with E-state index in [1.165, 1.54) is 18.4 Å². The zero-order valence-corrected chi connectivity index (χ0v) is 15.7. The molecule has 132 valence electrons. The van der Waals surface area contributed by atoms with Gasteiger partial charge in [-0.05, 0) is 50.8 Å². The van der Waals surface area contributed by atoms with Crippen LogP contribution in [0.3, 0.4) is 0 Å². The van der Waals surface area contributed by atoms with Crippen LogP contribution in [0.2, 0.25) is 0 Å². The number of hydrogen-bond donors (Lipinski definition) is 0. The smallest absolute Gasteiger partial charge is 0.127 e. The molecule has 2 rings (SSSR count). The van der Waals surface area contributed by atoms with Crippen LogP contribution in [0.1, 0.15) is 51.0 Å². The van der Waals surface area contributed by atoms with Crippen molar-refractivity contribution in [2.75, 3.05) is 19.1 Å². The van der Waals surface area contributed by atoms with Gasteiger partial charge in [0.25, 0.3) is 0 Å². The van der Waals surface area contributed by atoms with E-state index in [0.29, 0.717) is 0 Å². The fourth-order valence-corrected chi connectivity index (χ4v) is 2.94. The summed E-state index contributed by atoms with van der Waals surface area (Å²) >= 11 is 5.72.